The van der Waals surface area contributed by atoms with Crippen LogP contribution in [-0.2, 0) is 0 Å². The Hall–Kier alpha value is -1.13. The van der Waals surface area contributed by atoms with Crippen LogP contribution in [0.4, 0.5) is 5.69 Å². The summed E-state index contributed by atoms with van der Waals surface area (Å²) >= 11 is 5.39. The van der Waals surface area contributed by atoms with Gasteiger partial charge in [0.2, 0.25) is 0 Å². The van der Waals surface area contributed by atoms with Gasteiger partial charge in [-0.1, -0.05) is 17.9 Å². The molecule has 2 heteroatoms. The maximum Gasteiger partial charge on any atom is 0.0839 e. The van der Waals surface area contributed by atoms with Gasteiger partial charge in [0.1, 0.15) is 0 Å². The molecule has 0 spiro atoms. The minimum atomic E-state index is 0.356. The lowest BCUT2D eigenvalue weighted by molar-refractivity contribution is 1.63. The van der Waals surface area contributed by atoms with E-state index >= 15 is 0 Å². The summed E-state index contributed by atoms with van der Waals surface area (Å²) in [5.74, 6) is 5.98. The molecule has 0 atom stereocenters. The fourth-order valence-corrected chi connectivity index (χ4v) is 0.819. The molecule has 11 heavy (non-hydrogen) atoms. The second-order valence-corrected chi connectivity index (χ2v) is 2.33. The zero-order valence-corrected chi connectivity index (χ0v) is 6.73. The second-order valence-electron chi connectivity index (χ2n) is 2.06. The Morgan fingerprint density at radius 2 is 2.27 bits per heavy atom. The molecule has 0 aromatic heterocycles. The predicted octanol–water partition coefficient (Wildman–Crippen LogP) is 1.86. The van der Waals surface area contributed by atoms with Gasteiger partial charge in [0, 0.05) is 11.3 Å². The lowest BCUT2D eigenvalue weighted by Gasteiger charge is -1.91. The van der Waals surface area contributed by atoms with E-state index in [9.17, 15) is 0 Å². The zero-order valence-electron chi connectivity index (χ0n) is 5.97. The van der Waals surface area contributed by atoms with Crippen LogP contribution >= 0.6 is 11.6 Å². The van der Waals surface area contributed by atoms with E-state index in [4.69, 9.17) is 17.3 Å². The average Bonchev–Trinajstić information content (AvgIpc) is 2.01. The largest absolute Gasteiger partial charge is 0.399 e. The van der Waals surface area contributed by atoms with E-state index in [1.54, 1.807) is 0 Å². The number of rotatable bonds is 0. The van der Waals surface area contributed by atoms with Gasteiger partial charge in [-0.05, 0) is 18.2 Å². The summed E-state index contributed by atoms with van der Waals surface area (Å²) in [6.45, 7) is 0. The van der Waals surface area contributed by atoms with Crippen molar-refractivity contribution in [2.45, 2.75) is 0 Å². The highest BCUT2D eigenvalue weighted by Gasteiger charge is 1.85. The van der Waals surface area contributed by atoms with E-state index in [2.05, 4.69) is 11.8 Å². The Balaban J connectivity index is 2.87. The molecular formula is C9H8ClN. The molecule has 0 bridgehead atoms. The quantitative estimate of drug-likeness (QED) is 0.355. The number of nitrogens with two attached hydrogens (primary N) is 1. The number of halogens is 1. The van der Waals surface area contributed by atoms with Crippen molar-refractivity contribution in [3.63, 3.8) is 0 Å². The Morgan fingerprint density at radius 3 is 2.91 bits per heavy atom. The van der Waals surface area contributed by atoms with Crippen molar-refractivity contribution in [3.8, 4) is 11.8 Å². The summed E-state index contributed by atoms with van der Waals surface area (Å²) < 4.78 is 0. The van der Waals surface area contributed by atoms with Crippen LogP contribution in [0.2, 0.25) is 0 Å². The molecule has 0 saturated carbocycles. The van der Waals surface area contributed by atoms with Crippen molar-refractivity contribution in [1.29, 1.82) is 0 Å². The zero-order chi connectivity index (χ0) is 8.10. The summed E-state index contributed by atoms with van der Waals surface area (Å²) in [4.78, 5) is 0. The standard InChI is InChI=1S/C9H8ClN/c10-6-2-4-8-3-1-5-9(11)7-8/h1,3,5,7H,6,11H2. The summed E-state index contributed by atoms with van der Waals surface area (Å²) in [7, 11) is 0. The van der Waals surface area contributed by atoms with Crippen LogP contribution in [0.25, 0.3) is 0 Å². The van der Waals surface area contributed by atoms with Crippen LogP contribution in [0.1, 0.15) is 5.56 Å². The Labute approximate surface area is 71.2 Å². The van der Waals surface area contributed by atoms with Gasteiger partial charge < -0.3 is 5.73 Å². The van der Waals surface area contributed by atoms with Gasteiger partial charge in [-0.2, -0.15) is 0 Å². The minimum Gasteiger partial charge on any atom is -0.399 e. The van der Waals surface area contributed by atoms with Gasteiger partial charge >= 0.3 is 0 Å². The normalized spacial score (nSPS) is 8.45. The number of hydrogen-bond donors (Lipinski definition) is 1. The van der Waals surface area contributed by atoms with Crippen molar-refractivity contribution in [2.24, 2.45) is 0 Å². The summed E-state index contributed by atoms with van der Waals surface area (Å²) in [6.07, 6.45) is 0. The predicted molar refractivity (Wildman–Crippen MR) is 48.5 cm³/mol. The second kappa shape index (κ2) is 3.90. The first-order valence-electron chi connectivity index (χ1n) is 3.23. The molecule has 1 aromatic carbocycles. The van der Waals surface area contributed by atoms with Crippen LogP contribution in [0.15, 0.2) is 24.3 Å². The van der Waals surface area contributed by atoms with E-state index < -0.39 is 0 Å². The first-order valence-corrected chi connectivity index (χ1v) is 3.77. The number of nitrogen functional groups attached to an aromatic ring is 1. The number of anilines is 1. The fourth-order valence-electron chi connectivity index (χ4n) is 0.752. The first-order chi connectivity index (χ1) is 5.33. The number of benzene rings is 1. The van der Waals surface area contributed by atoms with E-state index in [0.29, 0.717) is 5.88 Å². The lowest BCUT2D eigenvalue weighted by Crippen LogP contribution is -1.84. The summed E-state index contributed by atoms with van der Waals surface area (Å²) in [5.41, 5.74) is 7.17. The lowest BCUT2D eigenvalue weighted by atomic mass is 10.2. The number of hydrogen-bond acceptors (Lipinski definition) is 1. The van der Waals surface area contributed by atoms with Crippen molar-refractivity contribution >= 4 is 17.3 Å². The molecule has 1 aromatic rings. The molecule has 0 aliphatic heterocycles. The van der Waals surface area contributed by atoms with Gasteiger partial charge in [-0.3, -0.25) is 0 Å². The summed E-state index contributed by atoms with van der Waals surface area (Å²) in [5, 5.41) is 0. The van der Waals surface area contributed by atoms with Crippen molar-refractivity contribution in [1.82, 2.24) is 0 Å². The van der Waals surface area contributed by atoms with E-state index in [1.807, 2.05) is 24.3 Å². The highest BCUT2D eigenvalue weighted by atomic mass is 35.5. The molecule has 0 heterocycles. The third-order valence-corrected chi connectivity index (χ3v) is 1.32. The van der Waals surface area contributed by atoms with Crippen LogP contribution in [0.5, 0.6) is 0 Å². The molecule has 0 radical (unpaired) electrons. The Bertz CT molecular complexity index is 296. The van der Waals surface area contributed by atoms with E-state index in [-0.39, 0.29) is 0 Å². The molecular weight excluding hydrogens is 158 g/mol. The molecule has 0 fully saturated rings. The molecule has 0 amide bonds. The molecule has 0 aliphatic carbocycles. The van der Waals surface area contributed by atoms with Gasteiger partial charge in [-0.25, -0.2) is 0 Å². The molecule has 0 saturated heterocycles. The first kappa shape index (κ1) is 7.97. The van der Waals surface area contributed by atoms with Gasteiger partial charge in [0.05, 0.1) is 5.88 Å². The fraction of sp³-hybridized carbons (Fsp3) is 0.111. The monoisotopic (exact) mass is 165 g/mol. The molecule has 1 nitrogen and oxygen atoms in total. The molecule has 0 aliphatic rings. The third-order valence-electron chi connectivity index (χ3n) is 1.19. The molecule has 0 unspecified atom stereocenters. The highest BCUT2D eigenvalue weighted by molar-refractivity contribution is 6.19. The Kier molecular flexibility index (Phi) is 2.83. The van der Waals surface area contributed by atoms with E-state index in [0.717, 1.165) is 11.3 Å². The van der Waals surface area contributed by atoms with Crippen molar-refractivity contribution < 1.29 is 0 Å². The van der Waals surface area contributed by atoms with Crippen molar-refractivity contribution in [3.05, 3.63) is 29.8 Å². The smallest absolute Gasteiger partial charge is 0.0839 e. The highest BCUT2D eigenvalue weighted by Crippen LogP contribution is 2.04. The van der Waals surface area contributed by atoms with Crippen LogP contribution < -0.4 is 5.73 Å². The SMILES string of the molecule is Nc1cccc(C#CCCl)c1. The molecule has 1 rings (SSSR count). The third kappa shape index (κ3) is 2.53. The average molecular weight is 166 g/mol. The maximum atomic E-state index is 5.53. The van der Waals surface area contributed by atoms with E-state index in [1.165, 1.54) is 0 Å². The van der Waals surface area contributed by atoms with Gasteiger partial charge in [-0.15, -0.1) is 11.6 Å². The van der Waals surface area contributed by atoms with Crippen LogP contribution in [0.3, 0.4) is 0 Å². The summed E-state index contributed by atoms with van der Waals surface area (Å²) in [6, 6.07) is 7.41. The van der Waals surface area contributed by atoms with Crippen LogP contribution in [0, 0.1) is 11.8 Å². The van der Waals surface area contributed by atoms with Crippen LogP contribution in [-0.4, -0.2) is 5.88 Å². The van der Waals surface area contributed by atoms with Crippen molar-refractivity contribution in [2.75, 3.05) is 11.6 Å². The topological polar surface area (TPSA) is 26.0 Å². The minimum absolute atomic E-state index is 0.356. The van der Waals surface area contributed by atoms with Gasteiger partial charge in [0.25, 0.3) is 0 Å². The maximum absolute atomic E-state index is 5.53. The molecule has 2 N–H and O–H groups in total. The molecule has 56 valence electrons. The Morgan fingerprint density at radius 1 is 1.45 bits per heavy atom. The number of alkyl halides is 1. The van der Waals surface area contributed by atoms with Gasteiger partial charge in [0.15, 0.2) is 0 Å².